The number of anilines is 1. The summed E-state index contributed by atoms with van der Waals surface area (Å²) in [7, 11) is -11.0. The summed E-state index contributed by atoms with van der Waals surface area (Å²) < 4.78 is 65.5. The Morgan fingerprint density at radius 3 is 1.18 bits per heavy atom. The minimum absolute atomic E-state index is 0. The van der Waals surface area contributed by atoms with E-state index >= 15 is 0 Å². The van der Waals surface area contributed by atoms with E-state index in [0.717, 1.165) is 0 Å². The number of benzene rings is 3. The van der Waals surface area contributed by atoms with Gasteiger partial charge in [-0.15, -0.1) is 46.4 Å². The molecule has 0 saturated carbocycles. The summed E-state index contributed by atoms with van der Waals surface area (Å²) >= 11 is 24.4. The second kappa shape index (κ2) is 46.3. The summed E-state index contributed by atoms with van der Waals surface area (Å²) in [4.78, 5) is 64.9. The van der Waals surface area contributed by atoms with Crippen molar-refractivity contribution in [2.24, 2.45) is 33.0 Å². The van der Waals surface area contributed by atoms with E-state index in [9.17, 15) is 49.2 Å². The molecule has 0 fully saturated rings. The number of hydrogen-bond acceptors (Lipinski definition) is 17. The van der Waals surface area contributed by atoms with Crippen LogP contribution in [0.15, 0.2) is 87.5 Å². The smallest absolute Gasteiger partial charge is 1.00 e. The Morgan fingerprint density at radius 1 is 0.653 bits per heavy atom. The van der Waals surface area contributed by atoms with E-state index in [4.69, 9.17) is 105 Å². The molecule has 3 aromatic rings. The molecule has 0 spiro atoms. The predicted molar refractivity (Wildman–Crippen MR) is 266 cm³/mol. The normalized spacial score (nSPS) is 11.1. The molecular weight excluding hydrogens is 1170 g/mol. The Hall–Kier alpha value is -0.787. The Balaban J connectivity index is -0.000000152. The van der Waals surface area contributed by atoms with Gasteiger partial charge < -0.3 is 33.3 Å². The molecule has 22 nitrogen and oxygen atoms in total. The third-order valence-electron chi connectivity index (χ3n) is 7.40. The van der Waals surface area contributed by atoms with Crippen molar-refractivity contribution in [3.63, 3.8) is 0 Å². The van der Waals surface area contributed by atoms with Gasteiger partial charge in [0.15, 0.2) is 11.6 Å². The minimum Gasteiger partial charge on any atom is -1.00 e. The van der Waals surface area contributed by atoms with Crippen LogP contribution in [0.2, 0.25) is 0 Å². The third kappa shape index (κ3) is 48.8. The molecule has 0 aliphatic rings. The Labute approximate surface area is 531 Å². The molecule has 3 rings (SSSR count). The number of halogens is 5. The molecule has 0 bridgehead atoms. The quantitative estimate of drug-likeness (QED) is 0.0110. The predicted octanol–water partition coefficient (Wildman–Crippen LogP) is -3.45. The van der Waals surface area contributed by atoms with Gasteiger partial charge in [-0.1, -0.05) is 52.0 Å². The Kier molecular flexibility index (Phi) is 53.1. The van der Waals surface area contributed by atoms with Crippen molar-refractivity contribution in [3.8, 4) is 0 Å². The van der Waals surface area contributed by atoms with Gasteiger partial charge in [0.25, 0.3) is 6.47 Å². The van der Waals surface area contributed by atoms with Crippen molar-refractivity contribution in [2.75, 3.05) is 29.4 Å². The van der Waals surface area contributed by atoms with E-state index in [0.29, 0.717) is 35.6 Å². The molecule has 400 valence electrons. The molecule has 72 heavy (non-hydrogen) atoms. The maximum absolute atomic E-state index is 11.9. The molecule has 0 heterocycles. The van der Waals surface area contributed by atoms with Crippen molar-refractivity contribution < 1.29 is 179 Å². The molecular formula is C40H59Cl5K2N6O16S3. The van der Waals surface area contributed by atoms with Crippen LogP contribution in [0.4, 0.5) is 5.69 Å². The largest absolute Gasteiger partial charge is 1.00 e. The van der Waals surface area contributed by atoms with Crippen LogP contribution < -0.4 is 140 Å². The van der Waals surface area contributed by atoms with Crippen LogP contribution in [0.1, 0.15) is 53.1 Å². The van der Waals surface area contributed by atoms with Crippen LogP contribution in [0.3, 0.4) is 0 Å². The average Bonchev–Trinajstić information content (AvgIpc) is 3.25. The van der Waals surface area contributed by atoms with Gasteiger partial charge in [-0.3, -0.25) is 34.1 Å². The first-order valence-electron chi connectivity index (χ1n) is 19.4. The molecule has 32 heteroatoms. The van der Waals surface area contributed by atoms with Crippen LogP contribution in [0.5, 0.6) is 0 Å². The molecule has 0 amide bonds. The second-order valence-electron chi connectivity index (χ2n) is 14.3. The van der Waals surface area contributed by atoms with Crippen molar-refractivity contribution in [1.82, 2.24) is 5.32 Å². The Bertz CT molecular complexity index is 2370. The molecule has 13 N–H and O–H groups in total. The number of ketones is 2. The van der Waals surface area contributed by atoms with Gasteiger partial charge in [0.1, 0.15) is 12.1 Å². The van der Waals surface area contributed by atoms with E-state index in [1.165, 1.54) is 60.7 Å². The van der Waals surface area contributed by atoms with Gasteiger partial charge >= 0.3 is 115 Å². The number of rotatable bonds is 19. The number of nitrogen functional groups attached to an aromatic ring is 1. The van der Waals surface area contributed by atoms with Crippen LogP contribution in [-0.2, 0) is 76.6 Å². The van der Waals surface area contributed by atoms with Crippen molar-refractivity contribution in [3.05, 3.63) is 83.9 Å². The summed E-state index contributed by atoms with van der Waals surface area (Å²) in [5.41, 5.74) is 12.4. The number of sulfonamides is 3. The summed E-state index contributed by atoms with van der Waals surface area (Å²) in [6.07, 6.45) is 1.28. The number of carboxylic acid groups (broad SMARTS) is 2. The third-order valence-corrected chi connectivity index (χ3v) is 11.0. The SMILES string of the molecule is CC(C)C[C@H](N)C(=O)O.CC(C)C[C@H](NCC(=O)Cc1ccc(S(N)(=O)=O)cc1)C(=O)O.ClCCl.NS(=O)(=O)c1ccc(CC(=O)CCl)cc1.Nc1ccc(S(N)(=O)=O)cc1.O=C(Cl)CCl.O=CO[O-].[H-].[K+].[K+]. The van der Waals surface area contributed by atoms with Gasteiger partial charge in [0, 0.05) is 18.5 Å². The first-order chi connectivity index (χ1) is 32.2. The fourth-order valence-corrected chi connectivity index (χ4v) is 6.05. The standard InChI is InChI=1S/C15H22N2O5S.C9H10ClNO3S.C6H8N2O2S.C6H13NO2.C2H2Cl2O.CH2Cl2.CH2O3.2K.H/c1-10(2)7-14(15(19)20)17-9-12(18)8-11-3-5-13(6-4-11)23(16,21)22;10-6-8(12)5-7-1-3-9(4-2-7)15(11,13)14;7-5-1-3-6(4-2-5)11(8,9)10;1-4(2)3-5(7)6(8)9;3-1-2(4)5;2-1-3;2-1-4-3;;;/h3-6,10,14,17H,7-9H2,1-2H3,(H,19,20)(H2,16,21,22);1-4H,5-6H2,(H2,11,13,14);1-4H,7H2,(H2,8,9,10);4-5H,3,7H2,1-2H3,(H,8,9);1H2;1H2;1,3H;;;/q;;;;;;;2*+1;-1/p-1/t14-;;;5-;;;;;;/m0..0....../s1. The van der Waals surface area contributed by atoms with Gasteiger partial charge in [0.05, 0.1) is 38.3 Å². The average molecular weight is 1230 g/mol. The number of carbonyl (C=O) groups is 6. The van der Waals surface area contributed by atoms with Crippen LogP contribution in [0, 0.1) is 11.8 Å². The number of Topliss-reactive ketones (excluding diaryl/α,β-unsaturated/α-hetero) is 2. The second-order valence-corrected chi connectivity index (χ2v) is 20.8. The van der Waals surface area contributed by atoms with Crippen LogP contribution in [0.25, 0.3) is 0 Å². The van der Waals surface area contributed by atoms with Crippen molar-refractivity contribution >= 4 is 129 Å². The number of carboxylic acids is 2. The number of nitrogens with one attached hydrogen (secondary N) is 1. The number of primary sulfonamides is 3. The number of nitrogens with two attached hydrogens (primary N) is 5. The van der Waals surface area contributed by atoms with E-state index in [-0.39, 0.29) is 179 Å². The van der Waals surface area contributed by atoms with Crippen LogP contribution >= 0.6 is 58.0 Å². The first kappa shape index (κ1) is 82.6. The summed E-state index contributed by atoms with van der Waals surface area (Å²) in [6, 6.07) is 15.8. The topological polar surface area (TPSA) is 420 Å². The van der Waals surface area contributed by atoms with Crippen molar-refractivity contribution in [2.45, 2.75) is 80.1 Å². The summed E-state index contributed by atoms with van der Waals surface area (Å²) in [6.45, 7) is 7.48. The summed E-state index contributed by atoms with van der Waals surface area (Å²) in [5, 5.41) is 43.0. The fraction of sp³-hybridized carbons (Fsp3) is 0.400. The minimum atomic E-state index is -3.75. The van der Waals surface area contributed by atoms with E-state index < -0.39 is 59.3 Å². The molecule has 3 aromatic carbocycles. The van der Waals surface area contributed by atoms with E-state index in [1.807, 2.05) is 27.7 Å². The molecule has 0 unspecified atom stereocenters. The zero-order chi connectivity index (χ0) is 55.4. The van der Waals surface area contributed by atoms with Gasteiger partial charge in [-0.2, -0.15) is 0 Å². The van der Waals surface area contributed by atoms with Gasteiger partial charge in [-0.05, 0) is 95.9 Å². The maximum Gasteiger partial charge on any atom is 1.00 e. The molecule has 0 aromatic heterocycles. The monoisotopic (exact) mass is 1230 g/mol. The number of carbonyl (C=O) groups excluding carboxylic acids is 4. The van der Waals surface area contributed by atoms with Gasteiger partial charge in [-0.25, -0.2) is 40.7 Å². The molecule has 0 aliphatic heterocycles. The summed E-state index contributed by atoms with van der Waals surface area (Å²) in [5.74, 6) is -1.77. The molecule has 0 saturated heterocycles. The number of alkyl halides is 4. The zero-order valence-corrected chi connectivity index (χ0v) is 52.6. The van der Waals surface area contributed by atoms with Crippen molar-refractivity contribution in [1.29, 1.82) is 0 Å². The number of aliphatic carboxylic acids is 2. The zero-order valence-electron chi connectivity index (χ0n) is 41.1. The fourth-order valence-electron chi connectivity index (χ4n) is 4.41. The van der Waals surface area contributed by atoms with E-state index in [2.05, 4.69) is 10.2 Å². The first-order valence-corrected chi connectivity index (χ1v) is 26.6. The molecule has 0 radical (unpaired) electrons. The molecule has 2 atom stereocenters. The Morgan fingerprint density at radius 2 is 0.958 bits per heavy atom. The van der Waals surface area contributed by atoms with Gasteiger partial charge in [0.2, 0.25) is 35.3 Å². The van der Waals surface area contributed by atoms with E-state index in [1.54, 1.807) is 12.1 Å². The maximum atomic E-state index is 11.9. The molecule has 0 aliphatic carbocycles. The number of hydrogen-bond donors (Lipinski definition) is 8. The van der Waals surface area contributed by atoms with Crippen LogP contribution in [-0.4, -0.2) is 106 Å².